The first-order chi connectivity index (χ1) is 11.9. The fraction of sp³-hybridized carbons (Fsp3) is 0.471. The van der Waals surface area contributed by atoms with Gasteiger partial charge >= 0.3 is 0 Å². The number of halogens is 2. The average Bonchev–Trinajstić information content (AvgIpc) is 2.97. The Morgan fingerprint density at radius 2 is 1.84 bits per heavy atom. The first kappa shape index (κ1) is 18.0. The van der Waals surface area contributed by atoms with Gasteiger partial charge in [0.15, 0.2) is 0 Å². The fourth-order valence-corrected chi connectivity index (χ4v) is 3.73. The number of hydrogen-bond acceptors (Lipinski definition) is 4. The second-order valence-electron chi connectivity index (χ2n) is 6.34. The third-order valence-corrected chi connectivity index (χ3v) is 5.37. The van der Waals surface area contributed by atoms with Crippen LogP contribution in [-0.4, -0.2) is 54.7 Å². The number of carbonyl (C=O) groups is 3. The zero-order valence-electron chi connectivity index (χ0n) is 13.9. The summed E-state index contributed by atoms with van der Waals surface area (Å²) in [6.45, 7) is 4.61. The molecule has 0 radical (unpaired) electrons. The van der Waals surface area contributed by atoms with Crippen molar-refractivity contribution in [2.75, 3.05) is 42.5 Å². The van der Waals surface area contributed by atoms with Crippen LogP contribution < -0.4 is 9.80 Å². The summed E-state index contributed by atoms with van der Waals surface area (Å²) in [6, 6.07) is 5.45. The lowest BCUT2D eigenvalue weighted by molar-refractivity contribution is -0.129. The molecule has 2 saturated heterocycles. The predicted octanol–water partition coefficient (Wildman–Crippen LogP) is 2.13. The third-order valence-electron chi connectivity index (χ3n) is 4.75. The number of amides is 2. The maximum Gasteiger partial charge on any atom is 0.227 e. The predicted molar refractivity (Wildman–Crippen MR) is 97.2 cm³/mol. The number of rotatable bonds is 3. The van der Waals surface area contributed by atoms with Gasteiger partial charge in [0.1, 0.15) is 0 Å². The molecular weight excluding hydrogens is 365 g/mol. The quantitative estimate of drug-likeness (QED) is 0.750. The summed E-state index contributed by atoms with van der Waals surface area (Å²) in [6.07, 6.45) is 0.134. The van der Waals surface area contributed by atoms with Crippen LogP contribution >= 0.6 is 23.2 Å². The summed E-state index contributed by atoms with van der Waals surface area (Å²) in [4.78, 5) is 40.3. The van der Waals surface area contributed by atoms with Crippen molar-refractivity contribution in [1.82, 2.24) is 4.90 Å². The standard InChI is InChI=1S/C17H19Cl2N3O3/c1-11(23)20-4-6-21(7-5-20)15-3-2-13(9-14(15)18)22-10-12(17(19)25)8-16(22)24/h2-3,9,12H,4-8,10H2,1H3. The highest BCUT2D eigenvalue weighted by Crippen LogP contribution is 2.34. The van der Waals surface area contributed by atoms with Crippen LogP contribution in [0.4, 0.5) is 11.4 Å². The van der Waals surface area contributed by atoms with Gasteiger partial charge in [0.05, 0.1) is 16.6 Å². The summed E-state index contributed by atoms with van der Waals surface area (Å²) >= 11 is 11.9. The van der Waals surface area contributed by atoms with Gasteiger partial charge in [0.25, 0.3) is 0 Å². The highest BCUT2D eigenvalue weighted by atomic mass is 35.5. The summed E-state index contributed by atoms with van der Waals surface area (Å²) in [5.41, 5.74) is 1.55. The van der Waals surface area contributed by atoms with Crippen molar-refractivity contribution in [3.8, 4) is 0 Å². The van der Waals surface area contributed by atoms with Gasteiger partial charge in [0, 0.05) is 51.8 Å². The SMILES string of the molecule is CC(=O)N1CCN(c2ccc(N3CC(C(=O)Cl)CC3=O)cc2Cl)CC1. The molecule has 0 aromatic heterocycles. The second-order valence-corrected chi connectivity index (χ2v) is 7.12. The van der Waals surface area contributed by atoms with Crippen LogP contribution in [0.15, 0.2) is 18.2 Å². The monoisotopic (exact) mass is 383 g/mol. The van der Waals surface area contributed by atoms with Gasteiger partial charge < -0.3 is 14.7 Å². The van der Waals surface area contributed by atoms with E-state index in [1.54, 1.807) is 17.9 Å². The van der Waals surface area contributed by atoms with Crippen LogP contribution in [0.1, 0.15) is 13.3 Å². The van der Waals surface area contributed by atoms with Crippen molar-refractivity contribution >= 4 is 51.6 Å². The van der Waals surface area contributed by atoms with Crippen molar-refractivity contribution in [2.24, 2.45) is 5.92 Å². The minimum absolute atomic E-state index is 0.0806. The molecule has 2 amide bonds. The van der Waals surface area contributed by atoms with Crippen molar-refractivity contribution in [3.05, 3.63) is 23.2 Å². The van der Waals surface area contributed by atoms with E-state index < -0.39 is 11.2 Å². The zero-order valence-corrected chi connectivity index (χ0v) is 15.4. The van der Waals surface area contributed by atoms with E-state index in [4.69, 9.17) is 23.2 Å². The lowest BCUT2D eigenvalue weighted by Gasteiger charge is -2.36. The molecule has 134 valence electrons. The maximum absolute atomic E-state index is 12.1. The van der Waals surface area contributed by atoms with Crippen LogP contribution in [0.25, 0.3) is 0 Å². The van der Waals surface area contributed by atoms with Gasteiger partial charge in [-0.3, -0.25) is 14.4 Å². The Bertz CT molecular complexity index is 717. The molecule has 1 aromatic rings. The summed E-state index contributed by atoms with van der Waals surface area (Å²) in [5.74, 6) is -0.512. The van der Waals surface area contributed by atoms with Gasteiger partial charge in [0.2, 0.25) is 17.1 Å². The molecule has 1 atom stereocenters. The van der Waals surface area contributed by atoms with Crippen LogP contribution in [0.3, 0.4) is 0 Å². The van der Waals surface area contributed by atoms with E-state index in [0.29, 0.717) is 36.9 Å². The molecule has 2 aliphatic rings. The molecule has 2 fully saturated rings. The zero-order chi connectivity index (χ0) is 18.1. The van der Waals surface area contributed by atoms with E-state index in [-0.39, 0.29) is 24.8 Å². The van der Waals surface area contributed by atoms with Crippen molar-refractivity contribution in [3.63, 3.8) is 0 Å². The molecule has 8 heteroatoms. The van der Waals surface area contributed by atoms with E-state index >= 15 is 0 Å². The second kappa shape index (κ2) is 7.22. The third kappa shape index (κ3) is 3.75. The van der Waals surface area contributed by atoms with E-state index in [2.05, 4.69) is 4.90 Å². The van der Waals surface area contributed by atoms with Crippen LogP contribution in [0.2, 0.25) is 5.02 Å². The highest BCUT2D eigenvalue weighted by Gasteiger charge is 2.34. The molecular formula is C17H19Cl2N3O3. The average molecular weight is 384 g/mol. The Kier molecular flexibility index (Phi) is 5.20. The van der Waals surface area contributed by atoms with E-state index in [1.807, 2.05) is 17.0 Å². The molecule has 0 N–H and O–H groups in total. The number of nitrogens with zero attached hydrogens (tertiary/aromatic N) is 3. The first-order valence-corrected chi connectivity index (χ1v) is 8.92. The number of carbonyl (C=O) groups excluding carboxylic acids is 3. The lowest BCUT2D eigenvalue weighted by atomic mass is 10.1. The fourth-order valence-electron chi connectivity index (χ4n) is 3.29. The van der Waals surface area contributed by atoms with Gasteiger partial charge in [-0.25, -0.2) is 0 Å². The minimum atomic E-state index is -0.484. The summed E-state index contributed by atoms with van der Waals surface area (Å²) in [5, 5.41) is 0.0594. The Labute approximate surface area is 156 Å². The van der Waals surface area contributed by atoms with Gasteiger partial charge in [-0.15, -0.1) is 0 Å². The molecule has 2 aliphatic heterocycles. The summed E-state index contributed by atoms with van der Waals surface area (Å²) in [7, 11) is 0. The molecule has 1 aromatic carbocycles. The molecule has 6 nitrogen and oxygen atoms in total. The molecule has 3 rings (SSSR count). The first-order valence-electron chi connectivity index (χ1n) is 8.16. The number of hydrogen-bond donors (Lipinski definition) is 0. The number of anilines is 2. The normalized spacial score (nSPS) is 21.0. The number of piperazine rings is 1. The lowest BCUT2D eigenvalue weighted by Crippen LogP contribution is -2.48. The molecule has 0 spiro atoms. The minimum Gasteiger partial charge on any atom is -0.367 e. The topological polar surface area (TPSA) is 60.9 Å². The highest BCUT2D eigenvalue weighted by molar-refractivity contribution is 6.64. The Morgan fingerprint density at radius 3 is 2.36 bits per heavy atom. The Balaban J connectivity index is 1.73. The number of benzene rings is 1. The van der Waals surface area contributed by atoms with E-state index in [9.17, 15) is 14.4 Å². The Hall–Kier alpha value is -1.79. The molecule has 1 unspecified atom stereocenters. The molecule has 0 aliphatic carbocycles. The van der Waals surface area contributed by atoms with Gasteiger partial charge in [-0.1, -0.05) is 11.6 Å². The Morgan fingerprint density at radius 1 is 1.16 bits per heavy atom. The van der Waals surface area contributed by atoms with Crippen molar-refractivity contribution in [2.45, 2.75) is 13.3 Å². The summed E-state index contributed by atoms with van der Waals surface area (Å²) < 4.78 is 0. The molecule has 0 saturated carbocycles. The molecule has 2 heterocycles. The maximum atomic E-state index is 12.1. The van der Waals surface area contributed by atoms with Gasteiger partial charge in [-0.05, 0) is 29.8 Å². The van der Waals surface area contributed by atoms with Crippen LogP contribution in [0.5, 0.6) is 0 Å². The molecule has 0 bridgehead atoms. The van der Waals surface area contributed by atoms with Crippen LogP contribution in [-0.2, 0) is 14.4 Å². The van der Waals surface area contributed by atoms with Crippen molar-refractivity contribution in [1.29, 1.82) is 0 Å². The van der Waals surface area contributed by atoms with Crippen molar-refractivity contribution < 1.29 is 14.4 Å². The van der Waals surface area contributed by atoms with E-state index in [1.165, 1.54) is 0 Å². The smallest absolute Gasteiger partial charge is 0.227 e. The molecule has 25 heavy (non-hydrogen) atoms. The van der Waals surface area contributed by atoms with Gasteiger partial charge in [-0.2, -0.15) is 0 Å². The van der Waals surface area contributed by atoms with E-state index in [0.717, 1.165) is 5.69 Å². The van der Waals surface area contributed by atoms with Crippen LogP contribution in [0, 0.1) is 5.92 Å². The largest absolute Gasteiger partial charge is 0.367 e.